The highest BCUT2D eigenvalue weighted by Crippen LogP contribution is 2.36. The largest absolute Gasteiger partial charge is 0.431 e. The Morgan fingerprint density at radius 3 is 2.57 bits per heavy atom. The first-order valence-electron chi connectivity index (χ1n) is 6.37. The lowest BCUT2D eigenvalue weighted by Gasteiger charge is -2.12. The highest BCUT2D eigenvalue weighted by Gasteiger charge is 2.21. The lowest BCUT2D eigenvalue weighted by molar-refractivity contribution is -0.385. The highest BCUT2D eigenvalue weighted by atomic mass is 16.6. The van der Waals surface area contributed by atoms with Crippen molar-refractivity contribution >= 4 is 11.5 Å². The highest BCUT2D eigenvalue weighted by molar-refractivity contribution is 5.56. The minimum absolute atomic E-state index is 0.0727. The first-order chi connectivity index (χ1) is 9.93. The fraction of sp³-hybridized carbons (Fsp3) is 0.286. The van der Waals surface area contributed by atoms with Crippen molar-refractivity contribution < 1.29 is 9.66 Å². The van der Waals surface area contributed by atoms with Crippen LogP contribution in [0.3, 0.4) is 0 Å². The number of hydrogen-bond donors (Lipinski definition) is 1. The summed E-state index contributed by atoms with van der Waals surface area (Å²) in [6, 6.07) is 3.32. The Hall–Kier alpha value is -2.70. The molecule has 110 valence electrons. The van der Waals surface area contributed by atoms with Gasteiger partial charge in [-0.1, -0.05) is 6.07 Å². The fourth-order valence-electron chi connectivity index (χ4n) is 2.09. The molecular formula is C14H16N4O3. The molecule has 0 radical (unpaired) electrons. The summed E-state index contributed by atoms with van der Waals surface area (Å²) in [5.41, 5.74) is 2.11. The molecule has 7 heteroatoms. The normalized spacial score (nSPS) is 10.3. The molecule has 0 unspecified atom stereocenters. The topological polar surface area (TPSA) is 90.2 Å². The summed E-state index contributed by atoms with van der Waals surface area (Å²) in [7, 11) is 1.73. The molecule has 0 saturated heterocycles. The molecule has 1 aromatic carbocycles. The van der Waals surface area contributed by atoms with Gasteiger partial charge in [-0.2, -0.15) is 0 Å². The van der Waals surface area contributed by atoms with Crippen LogP contribution >= 0.6 is 0 Å². The van der Waals surface area contributed by atoms with Gasteiger partial charge in [-0.05, 0) is 31.9 Å². The first-order valence-corrected chi connectivity index (χ1v) is 6.37. The zero-order chi connectivity index (χ0) is 15.6. The number of aromatic nitrogens is 2. The van der Waals surface area contributed by atoms with E-state index in [1.54, 1.807) is 27.8 Å². The molecule has 1 aromatic heterocycles. The van der Waals surface area contributed by atoms with Crippen molar-refractivity contribution in [2.24, 2.45) is 0 Å². The number of nitro groups is 1. The zero-order valence-corrected chi connectivity index (χ0v) is 12.3. The molecule has 2 rings (SSSR count). The van der Waals surface area contributed by atoms with Gasteiger partial charge in [-0.3, -0.25) is 10.1 Å². The van der Waals surface area contributed by atoms with Crippen LogP contribution in [0.25, 0.3) is 0 Å². The average molecular weight is 288 g/mol. The summed E-state index contributed by atoms with van der Waals surface area (Å²) < 4.78 is 5.70. The minimum atomic E-state index is -0.454. The number of nitrogens with zero attached hydrogens (tertiary/aromatic N) is 3. The van der Waals surface area contributed by atoms with Crippen molar-refractivity contribution in [2.45, 2.75) is 20.8 Å². The molecule has 0 bridgehead atoms. The summed E-state index contributed by atoms with van der Waals surface area (Å²) in [6.07, 6.45) is 1.35. The third kappa shape index (κ3) is 2.91. The standard InChI is InChI=1S/C14H16N4O3/c1-8-5-9(2)12(11(6-8)18(19)20)21-14-10(3)13(15-4)16-7-17-14/h5-7H,1-4H3,(H,15,16,17). The quantitative estimate of drug-likeness (QED) is 0.686. The van der Waals surface area contributed by atoms with E-state index in [4.69, 9.17) is 4.74 Å². The van der Waals surface area contributed by atoms with Crippen molar-refractivity contribution in [3.63, 3.8) is 0 Å². The Morgan fingerprint density at radius 2 is 1.95 bits per heavy atom. The van der Waals surface area contributed by atoms with E-state index >= 15 is 0 Å². The molecule has 0 amide bonds. The lowest BCUT2D eigenvalue weighted by Crippen LogP contribution is -2.02. The van der Waals surface area contributed by atoms with Crippen molar-refractivity contribution in [1.29, 1.82) is 0 Å². The van der Waals surface area contributed by atoms with E-state index in [1.807, 2.05) is 6.07 Å². The van der Waals surface area contributed by atoms with E-state index in [0.717, 1.165) is 5.56 Å². The number of aryl methyl sites for hydroxylation is 2. The predicted octanol–water partition coefficient (Wildman–Crippen LogP) is 3.14. The van der Waals surface area contributed by atoms with Crippen molar-refractivity contribution in [3.8, 4) is 11.6 Å². The maximum atomic E-state index is 11.2. The third-order valence-corrected chi connectivity index (χ3v) is 3.07. The van der Waals surface area contributed by atoms with Crippen molar-refractivity contribution in [2.75, 3.05) is 12.4 Å². The molecule has 0 saturated carbocycles. The molecule has 0 atom stereocenters. The van der Waals surface area contributed by atoms with Gasteiger partial charge in [0.15, 0.2) is 0 Å². The maximum Gasteiger partial charge on any atom is 0.312 e. The Bertz CT molecular complexity index is 701. The van der Waals surface area contributed by atoms with Gasteiger partial charge in [-0.25, -0.2) is 9.97 Å². The van der Waals surface area contributed by atoms with E-state index < -0.39 is 4.92 Å². The van der Waals surface area contributed by atoms with Crippen LogP contribution < -0.4 is 10.1 Å². The molecule has 0 aliphatic carbocycles. The number of nitro benzene ring substituents is 1. The molecule has 0 aliphatic rings. The Labute approximate surface area is 122 Å². The van der Waals surface area contributed by atoms with E-state index in [9.17, 15) is 10.1 Å². The second-order valence-electron chi connectivity index (χ2n) is 4.69. The molecule has 7 nitrogen and oxygen atoms in total. The van der Waals surface area contributed by atoms with Gasteiger partial charge in [0.25, 0.3) is 0 Å². The van der Waals surface area contributed by atoms with Crippen LogP contribution in [0, 0.1) is 30.9 Å². The van der Waals surface area contributed by atoms with Gasteiger partial charge >= 0.3 is 5.69 Å². The average Bonchev–Trinajstić information content (AvgIpc) is 2.43. The molecule has 0 aliphatic heterocycles. The van der Waals surface area contributed by atoms with Crippen LogP contribution in [-0.2, 0) is 0 Å². The molecule has 1 heterocycles. The van der Waals surface area contributed by atoms with Crippen LogP contribution in [0.1, 0.15) is 16.7 Å². The van der Waals surface area contributed by atoms with Crippen LogP contribution in [0.5, 0.6) is 11.6 Å². The Morgan fingerprint density at radius 1 is 1.24 bits per heavy atom. The Balaban J connectivity index is 2.52. The summed E-state index contributed by atoms with van der Waals surface area (Å²) in [5, 5.41) is 14.1. The second-order valence-corrected chi connectivity index (χ2v) is 4.69. The van der Waals surface area contributed by atoms with Crippen LogP contribution in [-0.4, -0.2) is 21.9 Å². The van der Waals surface area contributed by atoms with Crippen molar-refractivity contribution in [3.05, 3.63) is 45.3 Å². The minimum Gasteiger partial charge on any atom is -0.431 e. The first kappa shape index (κ1) is 14.7. The summed E-state index contributed by atoms with van der Waals surface area (Å²) >= 11 is 0. The number of hydrogen-bond acceptors (Lipinski definition) is 6. The monoisotopic (exact) mass is 288 g/mol. The Kier molecular flexibility index (Phi) is 4.02. The summed E-state index contributed by atoms with van der Waals surface area (Å²) in [6.45, 7) is 5.36. The van der Waals surface area contributed by atoms with E-state index in [1.165, 1.54) is 12.4 Å². The van der Waals surface area contributed by atoms with E-state index in [-0.39, 0.29) is 11.4 Å². The SMILES string of the molecule is CNc1ncnc(Oc2c(C)cc(C)cc2[N+](=O)[O-])c1C. The molecule has 21 heavy (non-hydrogen) atoms. The molecular weight excluding hydrogens is 272 g/mol. The summed E-state index contributed by atoms with van der Waals surface area (Å²) in [4.78, 5) is 18.9. The zero-order valence-electron chi connectivity index (χ0n) is 12.3. The van der Waals surface area contributed by atoms with Crippen molar-refractivity contribution in [1.82, 2.24) is 9.97 Å². The van der Waals surface area contributed by atoms with Crippen LogP contribution in [0.4, 0.5) is 11.5 Å². The van der Waals surface area contributed by atoms with Gasteiger partial charge in [-0.15, -0.1) is 0 Å². The van der Waals surface area contributed by atoms with E-state index in [2.05, 4.69) is 15.3 Å². The van der Waals surface area contributed by atoms with Gasteiger partial charge in [0.2, 0.25) is 11.6 Å². The third-order valence-electron chi connectivity index (χ3n) is 3.07. The summed E-state index contributed by atoms with van der Waals surface area (Å²) in [5.74, 6) is 1.12. The fourth-order valence-corrected chi connectivity index (χ4v) is 2.09. The maximum absolute atomic E-state index is 11.2. The number of rotatable bonds is 4. The number of ether oxygens (including phenoxy) is 1. The second kappa shape index (κ2) is 5.74. The number of anilines is 1. The van der Waals surface area contributed by atoms with Gasteiger partial charge in [0, 0.05) is 13.1 Å². The smallest absolute Gasteiger partial charge is 0.312 e. The molecule has 0 fully saturated rings. The number of benzene rings is 1. The molecule has 2 aromatic rings. The lowest BCUT2D eigenvalue weighted by atomic mass is 10.1. The molecule has 0 spiro atoms. The van der Waals surface area contributed by atoms with Gasteiger partial charge < -0.3 is 10.1 Å². The van der Waals surface area contributed by atoms with Gasteiger partial charge in [0.05, 0.1) is 10.5 Å². The van der Waals surface area contributed by atoms with E-state index in [0.29, 0.717) is 22.8 Å². The predicted molar refractivity (Wildman–Crippen MR) is 79.0 cm³/mol. The van der Waals surface area contributed by atoms with Gasteiger partial charge in [0.1, 0.15) is 12.1 Å². The van der Waals surface area contributed by atoms with Crippen LogP contribution in [0.15, 0.2) is 18.5 Å². The molecule has 1 N–H and O–H groups in total. The van der Waals surface area contributed by atoms with Crippen LogP contribution in [0.2, 0.25) is 0 Å². The number of nitrogens with one attached hydrogen (secondary N) is 1.